The van der Waals surface area contributed by atoms with Crippen molar-refractivity contribution in [1.82, 2.24) is 5.43 Å². The van der Waals surface area contributed by atoms with E-state index in [0.29, 0.717) is 11.3 Å². The van der Waals surface area contributed by atoms with Gasteiger partial charge in [0.2, 0.25) is 0 Å². The Morgan fingerprint density at radius 3 is 2.64 bits per heavy atom. The number of amides is 1. The topological polar surface area (TPSA) is 50.7 Å². The first-order valence-corrected chi connectivity index (χ1v) is 6.82. The predicted octanol–water partition coefficient (Wildman–Crippen LogP) is 2.97. The summed E-state index contributed by atoms with van der Waals surface area (Å²) in [5, 5.41) is 3.79. The van der Waals surface area contributed by atoms with Crippen LogP contribution in [0.4, 0.5) is 4.39 Å². The molecule has 2 aromatic rings. The molecule has 114 valence electrons. The summed E-state index contributed by atoms with van der Waals surface area (Å²) < 4.78 is 18.2. The van der Waals surface area contributed by atoms with Crippen LogP contribution in [0.3, 0.4) is 0 Å². The molecule has 5 heteroatoms. The van der Waals surface area contributed by atoms with Crippen LogP contribution in [0.25, 0.3) is 0 Å². The molecule has 0 saturated carbocycles. The minimum atomic E-state index is -0.363. The Morgan fingerprint density at radius 2 is 1.95 bits per heavy atom. The van der Waals surface area contributed by atoms with E-state index in [9.17, 15) is 9.18 Å². The van der Waals surface area contributed by atoms with E-state index in [4.69, 9.17) is 4.74 Å². The molecule has 0 unspecified atom stereocenters. The molecule has 0 spiro atoms. The normalized spacial score (nSPS) is 10.7. The van der Waals surface area contributed by atoms with Crippen molar-refractivity contribution < 1.29 is 13.9 Å². The van der Waals surface area contributed by atoms with Crippen molar-refractivity contribution in [3.63, 3.8) is 0 Å². The molecular formula is C17H17FN2O2. The number of hydrazone groups is 1. The zero-order chi connectivity index (χ0) is 15.9. The quantitative estimate of drug-likeness (QED) is 0.682. The van der Waals surface area contributed by atoms with E-state index in [0.717, 1.165) is 11.1 Å². The number of carbonyl (C=O) groups is 1. The Kier molecular flexibility index (Phi) is 5.25. The van der Waals surface area contributed by atoms with Gasteiger partial charge in [-0.2, -0.15) is 5.10 Å². The van der Waals surface area contributed by atoms with Gasteiger partial charge in [0.25, 0.3) is 5.91 Å². The van der Waals surface area contributed by atoms with Gasteiger partial charge in [-0.25, -0.2) is 9.82 Å². The molecule has 0 radical (unpaired) electrons. The fourth-order valence-electron chi connectivity index (χ4n) is 1.86. The highest BCUT2D eigenvalue weighted by Gasteiger charge is 2.04. The average molecular weight is 300 g/mol. The van der Waals surface area contributed by atoms with E-state index in [1.54, 1.807) is 12.1 Å². The molecule has 0 aliphatic carbocycles. The maximum atomic E-state index is 12.7. The SMILES string of the molecule is Cc1ccc(OCC(=O)N/N=C/c2ccc(F)cc2)c(C)c1. The lowest BCUT2D eigenvalue weighted by Crippen LogP contribution is -2.24. The van der Waals surface area contributed by atoms with Crippen LogP contribution in [-0.4, -0.2) is 18.7 Å². The highest BCUT2D eigenvalue weighted by molar-refractivity contribution is 5.82. The molecule has 0 bridgehead atoms. The molecule has 2 aromatic carbocycles. The smallest absolute Gasteiger partial charge is 0.277 e. The second-order valence-corrected chi connectivity index (χ2v) is 4.90. The maximum Gasteiger partial charge on any atom is 0.277 e. The standard InChI is InChI=1S/C17H17FN2O2/c1-12-3-8-16(13(2)9-12)22-11-17(21)20-19-10-14-4-6-15(18)7-5-14/h3-10H,11H2,1-2H3,(H,20,21)/b19-10+. The third-order valence-corrected chi connectivity index (χ3v) is 2.96. The first-order chi connectivity index (χ1) is 10.5. The first-order valence-electron chi connectivity index (χ1n) is 6.82. The van der Waals surface area contributed by atoms with E-state index in [1.165, 1.54) is 18.3 Å². The van der Waals surface area contributed by atoms with Crippen molar-refractivity contribution in [2.45, 2.75) is 13.8 Å². The first kappa shape index (κ1) is 15.7. The number of nitrogens with one attached hydrogen (secondary N) is 1. The number of benzene rings is 2. The molecule has 0 fully saturated rings. The van der Waals surface area contributed by atoms with Crippen LogP contribution in [0.5, 0.6) is 5.75 Å². The molecule has 0 atom stereocenters. The lowest BCUT2D eigenvalue weighted by atomic mass is 10.1. The average Bonchev–Trinajstić information content (AvgIpc) is 2.48. The van der Waals surface area contributed by atoms with Crippen molar-refractivity contribution in [3.05, 3.63) is 65.0 Å². The second kappa shape index (κ2) is 7.36. The molecule has 0 heterocycles. The van der Waals surface area contributed by atoms with Gasteiger partial charge in [0.05, 0.1) is 6.21 Å². The number of hydrogen-bond donors (Lipinski definition) is 1. The summed E-state index contributed by atoms with van der Waals surface area (Å²) in [5.74, 6) is -0.00958. The maximum absolute atomic E-state index is 12.7. The van der Waals surface area contributed by atoms with Gasteiger partial charge in [-0.15, -0.1) is 0 Å². The molecular weight excluding hydrogens is 283 g/mol. The summed E-state index contributed by atoms with van der Waals surface area (Å²) >= 11 is 0. The summed E-state index contributed by atoms with van der Waals surface area (Å²) in [4.78, 5) is 11.6. The van der Waals surface area contributed by atoms with Crippen molar-refractivity contribution in [2.75, 3.05) is 6.61 Å². The van der Waals surface area contributed by atoms with Crippen LogP contribution in [0.15, 0.2) is 47.6 Å². The van der Waals surface area contributed by atoms with Gasteiger partial charge in [-0.3, -0.25) is 4.79 Å². The summed E-state index contributed by atoms with van der Waals surface area (Å²) in [7, 11) is 0. The van der Waals surface area contributed by atoms with Crippen LogP contribution in [-0.2, 0) is 4.79 Å². The van der Waals surface area contributed by atoms with Gasteiger partial charge in [-0.1, -0.05) is 29.8 Å². The van der Waals surface area contributed by atoms with E-state index < -0.39 is 0 Å². The minimum Gasteiger partial charge on any atom is -0.483 e. The van der Waals surface area contributed by atoms with Crippen LogP contribution >= 0.6 is 0 Å². The van der Waals surface area contributed by atoms with Gasteiger partial charge in [0.1, 0.15) is 11.6 Å². The molecule has 0 aliphatic heterocycles. The Hall–Kier alpha value is -2.69. The highest BCUT2D eigenvalue weighted by Crippen LogP contribution is 2.18. The highest BCUT2D eigenvalue weighted by atomic mass is 19.1. The Bertz CT molecular complexity index is 682. The number of aryl methyl sites for hydroxylation is 2. The third kappa shape index (κ3) is 4.70. The van der Waals surface area contributed by atoms with Crippen LogP contribution in [0.1, 0.15) is 16.7 Å². The number of carbonyl (C=O) groups excluding carboxylic acids is 1. The van der Waals surface area contributed by atoms with Crippen LogP contribution in [0, 0.1) is 19.7 Å². The lowest BCUT2D eigenvalue weighted by Gasteiger charge is -2.08. The summed E-state index contributed by atoms with van der Waals surface area (Å²) in [6, 6.07) is 11.5. The number of halogens is 1. The van der Waals surface area contributed by atoms with Crippen LogP contribution < -0.4 is 10.2 Å². The van der Waals surface area contributed by atoms with Gasteiger partial charge < -0.3 is 4.74 Å². The minimum absolute atomic E-state index is 0.120. The Labute approximate surface area is 128 Å². The van der Waals surface area contributed by atoms with Gasteiger partial charge in [0, 0.05) is 0 Å². The molecule has 2 rings (SSSR count). The summed E-state index contributed by atoms with van der Waals surface area (Å²) in [5.41, 5.74) is 5.16. The van der Waals surface area contributed by atoms with Gasteiger partial charge in [0.15, 0.2) is 6.61 Å². The largest absolute Gasteiger partial charge is 0.483 e. The number of hydrogen-bond acceptors (Lipinski definition) is 3. The third-order valence-electron chi connectivity index (χ3n) is 2.96. The van der Waals surface area contributed by atoms with Gasteiger partial charge in [-0.05, 0) is 43.2 Å². The van der Waals surface area contributed by atoms with Crippen molar-refractivity contribution in [2.24, 2.45) is 5.10 Å². The van der Waals surface area contributed by atoms with E-state index in [1.807, 2.05) is 32.0 Å². The number of ether oxygens (including phenoxy) is 1. The molecule has 22 heavy (non-hydrogen) atoms. The Balaban J connectivity index is 1.81. The van der Waals surface area contributed by atoms with E-state index in [-0.39, 0.29) is 18.3 Å². The predicted molar refractivity (Wildman–Crippen MR) is 83.5 cm³/mol. The van der Waals surface area contributed by atoms with Crippen molar-refractivity contribution >= 4 is 12.1 Å². The van der Waals surface area contributed by atoms with Crippen molar-refractivity contribution in [3.8, 4) is 5.75 Å². The summed E-state index contributed by atoms with van der Waals surface area (Å²) in [6.45, 7) is 3.80. The molecule has 0 aliphatic rings. The zero-order valence-corrected chi connectivity index (χ0v) is 12.5. The van der Waals surface area contributed by atoms with E-state index in [2.05, 4.69) is 10.5 Å². The van der Waals surface area contributed by atoms with E-state index >= 15 is 0 Å². The second-order valence-electron chi connectivity index (χ2n) is 4.90. The fraction of sp³-hybridized carbons (Fsp3) is 0.176. The van der Waals surface area contributed by atoms with Crippen LogP contribution in [0.2, 0.25) is 0 Å². The lowest BCUT2D eigenvalue weighted by molar-refractivity contribution is -0.123. The summed E-state index contributed by atoms with van der Waals surface area (Å²) in [6.07, 6.45) is 1.44. The fourth-order valence-corrected chi connectivity index (χ4v) is 1.86. The molecule has 4 nitrogen and oxygen atoms in total. The zero-order valence-electron chi connectivity index (χ0n) is 12.5. The van der Waals surface area contributed by atoms with Crippen molar-refractivity contribution in [1.29, 1.82) is 0 Å². The molecule has 0 saturated heterocycles. The number of nitrogens with zero attached hydrogens (tertiary/aromatic N) is 1. The Morgan fingerprint density at radius 1 is 1.23 bits per heavy atom. The van der Waals surface area contributed by atoms with Gasteiger partial charge >= 0.3 is 0 Å². The molecule has 1 amide bonds. The molecule has 0 aromatic heterocycles. The number of rotatable bonds is 5. The monoisotopic (exact) mass is 300 g/mol. The molecule has 1 N–H and O–H groups in total.